The van der Waals surface area contributed by atoms with Gasteiger partial charge in [0, 0.05) is 43.7 Å². The standard InChI is InChI=1S/C21H22N4O3/c1-13-16(4-5-17-18(13)12-28-21(17)27)20(26)10-22-7-14-3-6-19(23-8-14)15-9-24-25(2)11-15/h3-6,8-9,11,20,22,26H,7,10,12H2,1-2H3/t20-/m0/s1. The molecule has 3 heterocycles. The van der Waals surface area contributed by atoms with Crippen molar-refractivity contribution < 1.29 is 14.6 Å². The maximum Gasteiger partial charge on any atom is 0.338 e. The third kappa shape index (κ3) is 3.54. The molecule has 1 atom stereocenters. The van der Waals surface area contributed by atoms with E-state index >= 15 is 0 Å². The van der Waals surface area contributed by atoms with E-state index in [1.807, 2.05) is 38.5 Å². The summed E-state index contributed by atoms with van der Waals surface area (Å²) in [6.07, 6.45) is 4.87. The first kappa shape index (κ1) is 18.3. The van der Waals surface area contributed by atoms with Crippen LogP contribution in [0.4, 0.5) is 0 Å². The van der Waals surface area contributed by atoms with E-state index in [1.54, 1.807) is 23.0 Å². The van der Waals surface area contributed by atoms with Gasteiger partial charge in [-0.05, 0) is 35.7 Å². The Morgan fingerprint density at radius 3 is 2.86 bits per heavy atom. The van der Waals surface area contributed by atoms with Crippen LogP contribution in [0.1, 0.15) is 38.7 Å². The van der Waals surface area contributed by atoms with Gasteiger partial charge >= 0.3 is 5.97 Å². The van der Waals surface area contributed by atoms with Crippen molar-refractivity contribution in [2.24, 2.45) is 7.05 Å². The number of benzene rings is 1. The molecule has 0 saturated heterocycles. The van der Waals surface area contributed by atoms with Crippen molar-refractivity contribution in [3.8, 4) is 11.3 Å². The fourth-order valence-corrected chi connectivity index (χ4v) is 3.45. The van der Waals surface area contributed by atoms with Crippen LogP contribution in [0.25, 0.3) is 11.3 Å². The molecular formula is C21H22N4O3. The maximum absolute atomic E-state index is 11.6. The van der Waals surface area contributed by atoms with Crippen LogP contribution < -0.4 is 5.32 Å². The molecule has 28 heavy (non-hydrogen) atoms. The Labute approximate surface area is 163 Å². The summed E-state index contributed by atoms with van der Waals surface area (Å²) in [7, 11) is 1.88. The van der Waals surface area contributed by atoms with Gasteiger partial charge in [-0.15, -0.1) is 0 Å². The Kier molecular flexibility index (Phi) is 4.93. The molecule has 1 aliphatic rings. The number of cyclic esters (lactones) is 1. The van der Waals surface area contributed by atoms with E-state index in [9.17, 15) is 9.90 Å². The number of fused-ring (bicyclic) bond motifs is 1. The van der Waals surface area contributed by atoms with Gasteiger partial charge in [0.05, 0.1) is 23.6 Å². The average molecular weight is 378 g/mol. The summed E-state index contributed by atoms with van der Waals surface area (Å²) in [4.78, 5) is 16.1. The van der Waals surface area contributed by atoms with Crippen LogP contribution in [0.5, 0.6) is 0 Å². The number of carbonyl (C=O) groups excluding carboxylic acids is 1. The first-order valence-corrected chi connectivity index (χ1v) is 9.15. The zero-order valence-electron chi connectivity index (χ0n) is 15.8. The maximum atomic E-state index is 11.6. The van der Waals surface area contributed by atoms with Crippen LogP contribution in [0.15, 0.2) is 42.9 Å². The van der Waals surface area contributed by atoms with Gasteiger partial charge in [-0.1, -0.05) is 12.1 Å². The highest BCUT2D eigenvalue weighted by Crippen LogP contribution is 2.28. The smallest absolute Gasteiger partial charge is 0.338 e. The molecule has 1 aliphatic heterocycles. The molecule has 0 unspecified atom stereocenters. The minimum Gasteiger partial charge on any atom is -0.457 e. The number of aliphatic hydroxyl groups excluding tert-OH is 1. The molecule has 7 heteroatoms. The predicted molar refractivity (Wildman–Crippen MR) is 103 cm³/mol. The Bertz CT molecular complexity index is 1010. The zero-order valence-corrected chi connectivity index (χ0v) is 15.8. The number of aliphatic hydroxyl groups is 1. The van der Waals surface area contributed by atoms with E-state index in [4.69, 9.17) is 4.74 Å². The molecule has 0 saturated carbocycles. The second-order valence-electron chi connectivity index (χ2n) is 6.98. The third-order valence-electron chi connectivity index (χ3n) is 5.06. The van der Waals surface area contributed by atoms with Crippen LogP contribution in [0.3, 0.4) is 0 Å². The lowest BCUT2D eigenvalue weighted by atomic mass is 9.95. The van der Waals surface area contributed by atoms with Crippen LogP contribution in [0.2, 0.25) is 0 Å². The summed E-state index contributed by atoms with van der Waals surface area (Å²) < 4.78 is 6.82. The van der Waals surface area contributed by atoms with Crippen molar-refractivity contribution in [1.82, 2.24) is 20.1 Å². The van der Waals surface area contributed by atoms with E-state index < -0.39 is 6.10 Å². The zero-order chi connectivity index (χ0) is 19.7. The molecule has 7 nitrogen and oxygen atoms in total. The van der Waals surface area contributed by atoms with Crippen LogP contribution in [-0.2, 0) is 24.9 Å². The molecule has 144 valence electrons. The van der Waals surface area contributed by atoms with Gasteiger partial charge in [-0.3, -0.25) is 9.67 Å². The first-order valence-electron chi connectivity index (χ1n) is 9.15. The van der Waals surface area contributed by atoms with E-state index in [0.29, 0.717) is 18.7 Å². The van der Waals surface area contributed by atoms with Gasteiger partial charge in [0.2, 0.25) is 0 Å². The molecule has 3 aromatic rings. The fraction of sp³-hybridized carbons (Fsp3) is 0.286. The highest BCUT2D eigenvalue weighted by Gasteiger charge is 2.25. The predicted octanol–water partition coefficient (Wildman–Crippen LogP) is 2.28. The summed E-state index contributed by atoms with van der Waals surface area (Å²) in [6, 6.07) is 7.51. The highest BCUT2D eigenvalue weighted by molar-refractivity contribution is 5.93. The Balaban J connectivity index is 1.36. The van der Waals surface area contributed by atoms with Crippen LogP contribution in [0, 0.1) is 6.92 Å². The summed E-state index contributed by atoms with van der Waals surface area (Å²) in [5.74, 6) is -0.292. The lowest BCUT2D eigenvalue weighted by Gasteiger charge is -2.16. The second-order valence-corrected chi connectivity index (χ2v) is 6.98. The lowest BCUT2D eigenvalue weighted by molar-refractivity contribution is 0.0535. The highest BCUT2D eigenvalue weighted by atomic mass is 16.5. The molecule has 4 rings (SSSR count). The molecule has 1 aromatic carbocycles. The van der Waals surface area contributed by atoms with Gasteiger partial charge in [-0.25, -0.2) is 4.79 Å². The summed E-state index contributed by atoms with van der Waals surface area (Å²) >= 11 is 0. The summed E-state index contributed by atoms with van der Waals surface area (Å²) in [5, 5.41) is 18.0. The Morgan fingerprint density at radius 1 is 1.29 bits per heavy atom. The van der Waals surface area contributed by atoms with Crippen molar-refractivity contribution in [2.45, 2.75) is 26.2 Å². The summed E-state index contributed by atoms with van der Waals surface area (Å²) in [6.45, 7) is 3.20. The number of nitrogens with zero attached hydrogens (tertiary/aromatic N) is 3. The Morgan fingerprint density at radius 2 is 2.14 bits per heavy atom. The van der Waals surface area contributed by atoms with Crippen molar-refractivity contribution in [2.75, 3.05) is 6.54 Å². The van der Waals surface area contributed by atoms with Gasteiger partial charge in [0.15, 0.2) is 0 Å². The molecule has 0 fully saturated rings. The minimum absolute atomic E-state index is 0.281. The molecular weight excluding hydrogens is 356 g/mol. The number of aryl methyl sites for hydroxylation is 1. The van der Waals surface area contributed by atoms with Gasteiger partial charge < -0.3 is 15.2 Å². The van der Waals surface area contributed by atoms with Crippen molar-refractivity contribution in [1.29, 1.82) is 0 Å². The van der Waals surface area contributed by atoms with E-state index in [-0.39, 0.29) is 12.6 Å². The molecule has 0 aliphatic carbocycles. The Hall–Kier alpha value is -3.03. The molecule has 0 spiro atoms. The van der Waals surface area contributed by atoms with Crippen molar-refractivity contribution in [3.05, 3.63) is 70.7 Å². The quantitative estimate of drug-likeness (QED) is 0.640. The topological polar surface area (TPSA) is 89.3 Å². The molecule has 0 amide bonds. The normalized spacial score (nSPS) is 14.0. The number of aromatic nitrogens is 3. The van der Waals surface area contributed by atoms with E-state index in [2.05, 4.69) is 15.4 Å². The van der Waals surface area contributed by atoms with Gasteiger partial charge in [-0.2, -0.15) is 5.10 Å². The molecule has 0 radical (unpaired) electrons. The molecule has 2 N–H and O–H groups in total. The van der Waals surface area contributed by atoms with E-state index in [1.165, 1.54) is 0 Å². The van der Waals surface area contributed by atoms with Crippen molar-refractivity contribution >= 4 is 5.97 Å². The summed E-state index contributed by atoms with van der Waals surface area (Å²) in [5.41, 5.74) is 6.09. The fourth-order valence-electron chi connectivity index (χ4n) is 3.45. The number of pyridine rings is 1. The first-order chi connectivity index (χ1) is 13.5. The molecule has 0 bridgehead atoms. The van der Waals surface area contributed by atoms with E-state index in [0.717, 1.165) is 33.5 Å². The number of carbonyl (C=O) groups is 1. The lowest BCUT2D eigenvalue weighted by Crippen LogP contribution is -2.22. The number of hydrogen-bond donors (Lipinski definition) is 2. The van der Waals surface area contributed by atoms with Crippen molar-refractivity contribution in [3.63, 3.8) is 0 Å². The number of nitrogens with one attached hydrogen (secondary N) is 1. The number of hydrogen-bond acceptors (Lipinski definition) is 6. The average Bonchev–Trinajstić information content (AvgIpc) is 3.29. The second kappa shape index (κ2) is 7.53. The SMILES string of the molecule is Cc1c([C@@H](O)CNCc2ccc(-c3cnn(C)c3)nc2)ccc2c1COC2=O. The van der Waals surface area contributed by atoms with Gasteiger partial charge in [0.25, 0.3) is 0 Å². The molecule has 2 aromatic heterocycles. The number of ether oxygens (including phenoxy) is 1. The van der Waals surface area contributed by atoms with Gasteiger partial charge in [0.1, 0.15) is 6.61 Å². The largest absolute Gasteiger partial charge is 0.457 e. The number of esters is 1. The monoisotopic (exact) mass is 378 g/mol. The van der Waals surface area contributed by atoms with Crippen LogP contribution in [-0.4, -0.2) is 32.4 Å². The minimum atomic E-state index is -0.663. The number of rotatable bonds is 6. The van der Waals surface area contributed by atoms with Crippen LogP contribution >= 0.6 is 0 Å². The third-order valence-corrected chi connectivity index (χ3v) is 5.06.